The number of H-pyrrole nitrogens is 2. The molecule has 0 aliphatic carbocycles. The maximum absolute atomic E-state index is 13.9. The van der Waals surface area contributed by atoms with Gasteiger partial charge in [0.25, 0.3) is 0 Å². The highest BCUT2D eigenvalue weighted by Gasteiger charge is 2.30. The molecule has 9 rings (SSSR count). The van der Waals surface area contributed by atoms with Crippen molar-refractivity contribution < 1.29 is 38.1 Å². The van der Waals surface area contributed by atoms with Crippen molar-refractivity contribution in [3.63, 3.8) is 0 Å². The van der Waals surface area contributed by atoms with Crippen molar-refractivity contribution in [1.82, 2.24) is 29.9 Å². The number of hydrogen-bond acceptors (Lipinski definition) is 14. The van der Waals surface area contributed by atoms with Gasteiger partial charge in [0.15, 0.2) is 4.30 Å². The molecule has 0 atom stereocenters. The second-order valence-electron chi connectivity index (χ2n) is 18.3. The number of ether oxygens (including phenoxy) is 4. The average molecular weight is 1040 g/mol. The van der Waals surface area contributed by atoms with Crippen LogP contribution in [0, 0.1) is 0 Å². The quantitative estimate of drug-likeness (QED) is 0.0479. The lowest BCUT2D eigenvalue weighted by atomic mass is 10.1. The van der Waals surface area contributed by atoms with Crippen LogP contribution in [0.2, 0.25) is 0 Å². The lowest BCUT2D eigenvalue weighted by Gasteiger charge is -2.07. The summed E-state index contributed by atoms with van der Waals surface area (Å²) < 4.78 is 21.4. The zero-order valence-corrected chi connectivity index (χ0v) is 43.9. The molecular formula is C53H57Cl3N8O8. The van der Waals surface area contributed by atoms with Crippen molar-refractivity contribution in [2.45, 2.75) is 84.6 Å². The molecule has 378 valence electrons. The minimum atomic E-state index is -0.752. The fraction of sp³-hybridized carbons (Fsp3) is 0.321. The molecule has 0 aliphatic heterocycles. The molecule has 6 N–H and O–H groups in total. The van der Waals surface area contributed by atoms with E-state index in [1.165, 1.54) is 0 Å². The number of alkyl halides is 3. The predicted octanol–water partition coefficient (Wildman–Crippen LogP) is 11.9. The van der Waals surface area contributed by atoms with Gasteiger partial charge in [-0.05, 0) is 93.5 Å². The first-order valence-corrected chi connectivity index (χ1v) is 24.4. The Labute approximate surface area is 430 Å². The van der Waals surface area contributed by atoms with E-state index >= 15 is 0 Å². The highest BCUT2D eigenvalue weighted by atomic mass is 35.6. The molecule has 0 aliphatic rings. The summed E-state index contributed by atoms with van der Waals surface area (Å²) >= 11 is 14.4. The molecule has 72 heavy (non-hydrogen) atoms. The van der Waals surface area contributed by atoms with Gasteiger partial charge in [0.2, 0.25) is 0 Å². The number of rotatable bonds is 8. The Bertz CT molecular complexity index is 3110. The largest absolute Gasteiger partial charge is 0.462 e. The van der Waals surface area contributed by atoms with Crippen molar-refractivity contribution in [3.8, 4) is 0 Å². The van der Waals surface area contributed by atoms with E-state index in [1.807, 2.05) is 90.1 Å². The number of aromatic amines is 2. The van der Waals surface area contributed by atoms with E-state index in [-0.39, 0.29) is 81.8 Å². The second kappa shape index (κ2) is 22.8. The molecule has 2 aromatic carbocycles. The Morgan fingerprint density at radius 2 is 0.597 bits per heavy atom. The van der Waals surface area contributed by atoms with Gasteiger partial charge in [0, 0.05) is 32.6 Å². The summed E-state index contributed by atoms with van der Waals surface area (Å²) in [6, 6.07) is 21.9. The van der Waals surface area contributed by atoms with Crippen LogP contribution in [0.1, 0.15) is 111 Å². The summed E-state index contributed by atoms with van der Waals surface area (Å²) in [6.07, 6.45) is 0. The van der Waals surface area contributed by atoms with Gasteiger partial charge >= 0.3 is 23.9 Å². The number of pyridine rings is 4. The topological polar surface area (TPSA) is 240 Å². The van der Waals surface area contributed by atoms with Gasteiger partial charge < -0.3 is 40.4 Å². The molecule has 0 amide bonds. The molecule has 0 fully saturated rings. The highest BCUT2D eigenvalue weighted by Crippen LogP contribution is 2.34. The van der Waals surface area contributed by atoms with E-state index in [4.69, 9.17) is 85.2 Å². The van der Waals surface area contributed by atoms with Gasteiger partial charge in [0.1, 0.15) is 22.3 Å². The van der Waals surface area contributed by atoms with Gasteiger partial charge in [-0.25, -0.2) is 39.1 Å². The maximum Gasteiger partial charge on any atom is 0.341 e. The lowest BCUT2D eigenvalue weighted by molar-refractivity contribution is 0.0483. The molecule has 7 heterocycles. The Morgan fingerprint density at radius 1 is 0.431 bits per heavy atom. The van der Waals surface area contributed by atoms with E-state index in [0.717, 1.165) is 21.5 Å². The summed E-state index contributed by atoms with van der Waals surface area (Å²) in [5.41, 5.74) is 14.4. The number of halogens is 3. The summed E-state index contributed by atoms with van der Waals surface area (Å²) in [6.45, 7) is 18.7. The molecule has 0 spiro atoms. The Hall–Kier alpha value is -6.69. The van der Waals surface area contributed by atoms with Crippen LogP contribution < -0.4 is 11.5 Å². The van der Waals surface area contributed by atoms with Crippen LogP contribution in [0.5, 0.6) is 0 Å². The molecule has 0 saturated carbocycles. The van der Waals surface area contributed by atoms with E-state index in [1.54, 1.807) is 52.0 Å². The van der Waals surface area contributed by atoms with Crippen molar-refractivity contribution in [2.24, 2.45) is 11.5 Å². The zero-order valence-electron chi connectivity index (χ0n) is 41.7. The predicted molar refractivity (Wildman–Crippen MR) is 288 cm³/mol. The number of carbonyl (C=O) groups excluding carboxylic acids is 4. The zero-order chi connectivity index (χ0) is 52.8. The number of nitrogens with zero attached hydrogens (tertiary/aromatic N) is 4. The van der Waals surface area contributed by atoms with Crippen LogP contribution in [0.15, 0.2) is 72.8 Å². The van der Waals surface area contributed by atoms with Crippen LogP contribution in [-0.2, 0) is 18.9 Å². The smallest absolute Gasteiger partial charge is 0.341 e. The third-order valence-electron chi connectivity index (χ3n) is 9.98. The minimum absolute atomic E-state index is 0. The van der Waals surface area contributed by atoms with E-state index in [9.17, 15) is 19.2 Å². The van der Waals surface area contributed by atoms with E-state index < -0.39 is 28.2 Å². The normalized spacial score (nSPS) is 11.6. The average Bonchev–Trinajstić information content (AvgIpc) is 3.91. The Morgan fingerprint density at radius 3 is 0.764 bits per heavy atom. The van der Waals surface area contributed by atoms with Crippen molar-refractivity contribution in [1.29, 1.82) is 0 Å². The van der Waals surface area contributed by atoms with Crippen LogP contribution in [0.4, 0.5) is 0 Å². The SMILES string of the molecule is CC(C)(C)N.CC(C)(C)N.CCOC(=O)c1c(C(=O)OCC)c2[nH]c1c1ccc3ccc4ccc(nc4c3n1)c1[nH]c(c(C(=O)OCC)c1C(=O)OCC)c1ccc3ccc4ccc2nc4c3n1.ClC(Cl)Cl. The number of fused-ring (bicyclic) bond motifs is 12. The van der Waals surface area contributed by atoms with Gasteiger partial charge in [-0.1, -0.05) is 83.3 Å². The lowest BCUT2D eigenvalue weighted by Crippen LogP contribution is -2.26. The summed E-state index contributed by atoms with van der Waals surface area (Å²) in [5.74, 6) is -3.01. The number of carbonyl (C=O) groups is 4. The number of nitrogens with one attached hydrogen (secondary N) is 2. The van der Waals surface area contributed by atoms with Crippen LogP contribution >= 0.6 is 34.8 Å². The number of benzene rings is 2. The molecule has 0 saturated heterocycles. The molecule has 19 heteroatoms. The summed E-state index contributed by atoms with van der Waals surface area (Å²) in [7, 11) is 0. The fourth-order valence-corrected chi connectivity index (χ4v) is 7.49. The van der Waals surface area contributed by atoms with E-state index in [0.29, 0.717) is 44.1 Å². The van der Waals surface area contributed by atoms with Crippen LogP contribution in [0.3, 0.4) is 0 Å². The molecule has 0 unspecified atom stereocenters. The third kappa shape index (κ3) is 12.7. The first-order valence-electron chi connectivity index (χ1n) is 23.1. The second-order valence-corrected chi connectivity index (χ2v) is 20.3. The summed E-state index contributed by atoms with van der Waals surface area (Å²) in [5, 5.41) is 2.88. The Balaban J connectivity index is 0.000000537. The van der Waals surface area contributed by atoms with Gasteiger partial charge in [-0.2, -0.15) is 0 Å². The standard InChI is InChI=1S/C44H34N6O8.2C4H11N.CHCl3/c1-5-55-41(51)29-30(42(52)56-6-2)38-26-18-14-22-11-12-24-16-20-28(48-36(24)35(22)46-26)40-32(44(54)58-8-4)31(43(53)57-7-3)39(50-40)27-19-15-23-10-9-21-13-17-25(37(29)49-38)45-33(21)34(23)47-27;2*1-4(2,3)5;2-1(3)4/h9-20,49-50H,5-8H2,1-4H3;2*5H2,1-3H3;1H. The Kier molecular flexibility index (Phi) is 17.3. The van der Waals surface area contributed by atoms with Crippen LogP contribution in [-0.4, -0.2) is 95.6 Å². The molecule has 16 nitrogen and oxygen atoms in total. The number of esters is 4. The number of aromatic nitrogens is 6. The first-order chi connectivity index (χ1) is 34.0. The number of hydrogen-bond donors (Lipinski definition) is 4. The number of nitrogens with two attached hydrogens (primary N) is 2. The van der Waals surface area contributed by atoms with Gasteiger partial charge in [0.05, 0.1) is 92.6 Å². The molecular weight excluding hydrogens is 983 g/mol. The van der Waals surface area contributed by atoms with Gasteiger partial charge in [-0.3, -0.25) is 0 Å². The van der Waals surface area contributed by atoms with E-state index in [2.05, 4.69) is 9.97 Å². The van der Waals surface area contributed by atoms with Crippen molar-refractivity contribution >= 4 is 146 Å². The van der Waals surface area contributed by atoms with Crippen molar-refractivity contribution in [2.75, 3.05) is 26.4 Å². The molecule has 9 aromatic rings. The first kappa shape index (κ1) is 54.6. The molecule has 7 aromatic heterocycles. The molecule has 12 bridgehead atoms. The maximum atomic E-state index is 13.9. The van der Waals surface area contributed by atoms with Crippen molar-refractivity contribution in [3.05, 3.63) is 95.1 Å². The summed E-state index contributed by atoms with van der Waals surface area (Å²) in [4.78, 5) is 82.5. The molecule has 0 radical (unpaired) electrons. The monoisotopic (exact) mass is 1040 g/mol. The minimum Gasteiger partial charge on any atom is -0.462 e. The van der Waals surface area contributed by atoms with Crippen LogP contribution in [0.25, 0.3) is 87.7 Å². The fourth-order valence-electron chi connectivity index (χ4n) is 7.49. The third-order valence-corrected chi connectivity index (χ3v) is 9.98. The van der Waals surface area contributed by atoms with Gasteiger partial charge in [-0.15, -0.1) is 0 Å². The highest BCUT2D eigenvalue weighted by molar-refractivity contribution is 6.63.